The molecule has 5 heteroatoms. The van der Waals surface area contributed by atoms with Crippen LogP contribution in [0.15, 0.2) is 34.1 Å². The van der Waals surface area contributed by atoms with Crippen LogP contribution in [0.1, 0.15) is 23.3 Å². The predicted molar refractivity (Wildman–Crippen MR) is 99.1 cm³/mol. The molecule has 2 rings (SSSR count). The Balaban J connectivity index is 1.84. The zero-order valence-electron chi connectivity index (χ0n) is 13.1. The largest absolute Gasteiger partial charge is 0.378 e. The zero-order chi connectivity index (χ0) is 16.1. The second kappa shape index (κ2) is 7.79. The molecule has 0 bridgehead atoms. The first-order valence-corrected chi connectivity index (χ1v) is 8.88. The van der Waals surface area contributed by atoms with Gasteiger partial charge in [0.25, 0.3) is 0 Å². The van der Waals surface area contributed by atoms with Crippen molar-refractivity contribution in [3.05, 3.63) is 44.6 Å². The summed E-state index contributed by atoms with van der Waals surface area (Å²) in [6.07, 6.45) is 2.36. The average Bonchev–Trinajstić information content (AvgIpc) is 2.86. The standard InChI is InChI=1S/C17H21BrN2OS/c1-12-11-13(20(2)3)7-9-15(12)19-17(21)6-4-5-14-8-10-16(18)22-14/h7-11H,4-6H2,1-3H3,(H,19,21). The summed E-state index contributed by atoms with van der Waals surface area (Å²) >= 11 is 5.19. The Morgan fingerprint density at radius 2 is 2.05 bits per heavy atom. The maximum absolute atomic E-state index is 12.1. The SMILES string of the molecule is Cc1cc(N(C)C)ccc1NC(=O)CCCc1ccc(Br)s1. The van der Waals surface area contributed by atoms with Gasteiger partial charge in [0.05, 0.1) is 3.79 Å². The minimum Gasteiger partial charge on any atom is -0.378 e. The molecule has 2 aromatic rings. The number of thiophene rings is 1. The fraction of sp³-hybridized carbons (Fsp3) is 0.353. The molecule has 0 spiro atoms. The van der Waals surface area contributed by atoms with Crippen LogP contribution in [0.4, 0.5) is 11.4 Å². The number of halogens is 1. The molecule has 0 aliphatic heterocycles. The highest BCUT2D eigenvalue weighted by Crippen LogP contribution is 2.24. The Bertz CT molecular complexity index is 652. The Morgan fingerprint density at radius 3 is 2.64 bits per heavy atom. The normalized spacial score (nSPS) is 10.5. The molecule has 118 valence electrons. The third kappa shape index (κ3) is 4.85. The maximum atomic E-state index is 12.1. The van der Waals surface area contributed by atoms with Gasteiger partial charge in [-0.1, -0.05) is 0 Å². The molecule has 1 heterocycles. The number of hydrogen-bond donors (Lipinski definition) is 1. The summed E-state index contributed by atoms with van der Waals surface area (Å²) < 4.78 is 1.14. The first kappa shape index (κ1) is 17.0. The van der Waals surface area contributed by atoms with Crippen LogP contribution in [0.5, 0.6) is 0 Å². The van der Waals surface area contributed by atoms with Gasteiger partial charge in [0.15, 0.2) is 0 Å². The zero-order valence-corrected chi connectivity index (χ0v) is 15.6. The molecule has 1 aromatic carbocycles. The molecule has 1 aromatic heterocycles. The highest BCUT2D eigenvalue weighted by atomic mass is 79.9. The number of nitrogens with one attached hydrogen (secondary N) is 1. The number of anilines is 2. The van der Waals surface area contributed by atoms with Crippen molar-refractivity contribution in [2.24, 2.45) is 0 Å². The van der Waals surface area contributed by atoms with Gasteiger partial charge in [0.2, 0.25) is 5.91 Å². The molecule has 0 saturated carbocycles. The lowest BCUT2D eigenvalue weighted by Crippen LogP contribution is -2.13. The summed E-state index contributed by atoms with van der Waals surface area (Å²) in [6, 6.07) is 10.2. The summed E-state index contributed by atoms with van der Waals surface area (Å²) in [4.78, 5) is 15.4. The van der Waals surface area contributed by atoms with E-state index in [-0.39, 0.29) is 5.91 Å². The van der Waals surface area contributed by atoms with Gasteiger partial charge >= 0.3 is 0 Å². The van der Waals surface area contributed by atoms with Gasteiger partial charge in [0, 0.05) is 36.8 Å². The van der Waals surface area contributed by atoms with E-state index in [9.17, 15) is 4.79 Å². The molecule has 0 atom stereocenters. The number of hydrogen-bond acceptors (Lipinski definition) is 3. The van der Waals surface area contributed by atoms with Crippen LogP contribution in [0.3, 0.4) is 0 Å². The van der Waals surface area contributed by atoms with Gasteiger partial charge in [0.1, 0.15) is 0 Å². The van der Waals surface area contributed by atoms with Crippen molar-refractivity contribution in [1.29, 1.82) is 0 Å². The molecule has 1 N–H and O–H groups in total. The molecule has 0 radical (unpaired) electrons. The van der Waals surface area contributed by atoms with E-state index < -0.39 is 0 Å². The van der Waals surface area contributed by atoms with Crippen molar-refractivity contribution in [2.45, 2.75) is 26.2 Å². The van der Waals surface area contributed by atoms with E-state index >= 15 is 0 Å². The number of carbonyl (C=O) groups excluding carboxylic acids is 1. The molecule has 22 heavy (non-hydrogen) atoms. The fourth-order valence-corrected chi connectivity index (χ4v) is 3.71. The quantitative estimate of drug-likeness (QED) is 0.776. The van der Waals surface area contributed by atoms with E-state index in [0.717, 1.165) is 33.6 Å². The smallest absolute Gasteiger partial charge is 0.224 e. The molecule has 0 unspecified atom stereocenters. The highest BCUT2D eigenvalue weighted by molar-refractivity contribution is 9.11. The second-order valence-electron chi connectivity index (χ2n) is 5.50. The monoisotopic (exact) mass is 380 g/mol. The maximum Gasteiger partial charge on any atom is 0.224 e. The highest BCUT2D eigenvalue weighted by Gasteiger charge is 2.07. The lowest BCUT2D eigenvalue weighted by Gasteiger charge is -2.15. The predicted octanol–water partition coefficient (Wildman–Crippen LogP) is 4.85. The van der Waals surface area contributed by atoms with Gasteiger partial charge in [-0.25, -0.2) is 0 Å². The van der Waals surface area contributed by atoms with Crippen LogP contribution in [-0.2, 0) is 11.2 Å². The summed E-state index contributed by atoms with van der Waals surface area (Å²) in [5.41, 5.74) is 3.12. The lowest BCUT2D eigenvalue weighted by molar-refractivity contribution is -0.116. The number of rotatable bonds is 6. The molecule has 0 aliphatic carbocycles. The molecule has 1 amide bonds. The summed E-state index contributed by atoms with van der Waals surface area (Å²) in [5, 5.41) is 3.00. The third-order valence-corrected chi connectivity index (χ3v) is 5.14. The number of carbonyl (C=O) groups is 1. The average molecular weight is 381 g/mol. The summed E-state index contributed by atoms with van der Waals surface area (Å²) in [5.74, 6) is 0.0799. The molecule has 3 nitrogen and oxygen atoms in total. The van der Waals surface area contributed by atoms with Crippen LogP contribution in [0.2, 0.25) is 0 Å². The first-order valence-electron chi connectivity index (χ1n) is 7.28. The number of benzene rings is 1. The Morgan fingerprint density at radius 1 is 1.27 bits per heavy atom. The van der Waals surface area contributed by atoms with E-state index in [1.807, 2.05) is 33.2 Å². The van der Waals surface area contributed by atoms with Gasteiger partial charge < -0.3 is 10.2 Å². The Hall–Kier alpha value is -1.33. The molecule has 0 saturated heterocycles. The number of amides is 1. The molecular weight excluding hydrogens is 360 g/mol. The Labute approximate surface area is 144 Å². The molecule has 0 fully saturated rings. The molecule has 0 aliphatic rings. The van der Waals surface area contributed by atoms with E-state index in [2.05, 4.69) is 44.3 Å². The van der Waals surface area contributed by atoms with Crippen LogP contribution >= 0.6 is 27.3 Å². The van der Waals surface area contributed by atoms with E-state index in [4.69, 9.17) is 0 Å². The summed E-state index contributed by atoms with van der Waals surface area (Å²) in [7, 11) is 4.02. The van der Waals surface area contributed by atoms with Crippen molar-refractivity contribution in [1.82, 2.24) is 0 Å². The minimum atomic E-state index is 0.0799. The van der Waals surface area contributed by atoms with Crippen molar-refractivity contribution in [3.8, 4) is 0 Å². The van der Waals surface area contributed by atoms with Crippen molar-refractivity contribution in [3.63, 3.8) is 0 Å². The summed E-state index contributed by atoms with van der Waals surface area (Å²) in [6.45, 7) is 2.02. The van der Waals surface area contributed by atoms with E-state index in [1.165, 1.54) is 4.88 Å². The fourth-order valence-electron chi connectivity index (χ4n) is 2.19. The second-order valence-corrected chi connectivity index (χ2v) is 8.05. The van der Waals surface area contributed by atoms with Gasteiger partial charge in [-0.05, 0) is 71.6 Å². The number of nitrogens with zero attached hydrogens (tertiary/aromatic N) is 1. The third-order valence-electron chi connectivity index (χ3n) is 3.46. The van der Waals surface area contributed by atoms with Crippen LogP contribution in [-0.4, -0.2) is 20.0 Å². The van der Waals surface area contributed by atoms with Gasteiger partial charge in [-0.2, -0.15) is 0 Å². The van der Waals surface area contributed by atoms with Gasteiger partial charge in [-0.3, -0.25) is 4.79 Å². The van der Waals surface area contributed by atoms with Crippen molar-refractivity contribution in [2.75, 3.05) is 24.3 Å². The van der Waals surface area contributed by atoms with Crippen LogP contribution in [0, 0.1) is 6.92 Å². The lowest BCUT2D eigenvalue weighted by atomic mass is 10.1. The van der Waals surface area contributed by atoms with Crippen molar-refractivity contribution >= 4 is 44.5 Å². The van der Waals surface area contributed by atoms with Crippen LogP contribution < -0.4 is 10.2 Å². The number of aryl methyl sites for hydroxylation is 2. The van der Waals surface area contributed by atoms with E-state index in [0.29, 0.717) is 6.42 Å². The van der Waals surface area contributed by atoms with Crippen molar-refractivity contribution < 1.29 is 4.79 Å². The first-order chi connectivity index (χ1) is 10.5. The Kier molecular flexibility index (Phi) is 6.03. The topological polar surface area (TPSA) is 32.3 Å². The van der Waals surface area contributed by atoms with E-state index in [1.54, 1.807) is 11.3 Å². The molecular formula is C17H21BrN2OS. The van der Waals surface area contributed by atoms with Gasteiger partial charge in [-0.15, -0.1) is 11.3 Å². The van der Waals surface area contributed by atoms with Crippen LogP contribution in [0.25, 0.3) is 0 Å². The minimum absolute atomic E-state index is 0.0799.